The number of carbonyl (C=O) groups is 1. The molecule has 0 saturated heterocycles. The highest BCUT2D eigenvalue weighted by molar-refractivity contribution is 5.96. The highest BCUT2D eigenvalue weighted by Crippen LogP contribution is 2.20. The van der Waals surface area contributed by atoms with E-state index in [1.54, 1.807) is 13.8 Å². The molecule has 0 aliphatic rings. The van der Waals surface area contributed by atoms with Gasteiger partial charge in [-0.3, -0.25) is 4.79 Å². The number of rotatable bonds is 4. The fourth-order valence-corrected chi connectivity index (χ4v) is 1.49. The Kier molecular flexibility index (Phi) is 4.09. The SMILES string of the molecule is Cc1oc(C)c(C(=O)NCC(O)CO)c1C. The minimum Gasteiger partial charge on any atom is -0.466 e. The van der Waals surface area contributed by atoms with Gasteiger partial charge in [0.1, 0.15) is 11.5 Å². The Balaban J connectivity index is 2.73. The quantitative estimate of drug-likeness (QED) is 0.690. The van der Waals surface area contributed by atoms with Crippen LogP contribution in [0.15, 0.2) is 4.42 Å². The molecule has 1 rings (SSSR count). The average Bonchev–Trinajstić information content (AvgIpc) is 2.49. The number of aliphatic hydroxyl groups is 2. The Morgan fingerprint density at radius 3 is 2.44 bits per heavy atom. The highest BCUT2D eigenvalue weighted by atomic mass is 16.3. The summed E-state index contributed by atoms with van der Waals surface area (Å²) >= 11 is 0. The fraction of sp³-hybridized carbons (Fsp3) is 0.545. The minimum atomic E-state index is -0.933. The van der Waals surface area contributed by atoms with E-state index in [0.717, 1.165) is 5.56 Å². The van der Waals surface area contributed by atoms with Crippen molar-refractivity contribution in [2.75, 3.05) is 13.2 Å². The van der Waals surface area contributed by atoms with Gasteiger partial charge < -0.3 is 19.9 Å². The number of hydrogen-bond donors (Lipinski definition) is 3. The van der Waals surface area contributed by atoms with Crippen LogP contribution in [0.1, 0.15) is 27.4 Å². The van der Waals surface area contributed by atoms with Crippen molar-refractivity contribution in [1.82, 2.24) is 5.32 Å². The van der Waals surface area contributed by atoms with Gasteiger partial charge in [-0.15, -0.1) is 0 Å². The van der Waals surface area contributed by atoms with Crippen LogP contribution in [0.3, 0.4) is 0 Å². The molecule has 5 heteroatoms. The normalized spacial score (nSPS) is 12.6. The monoisotopic (exact) mass is 227 g/mol. The molecular weight excluding hydrogens is 210 g/mol. The molecule has 1 aromatic heterocycles. The van der Waals surface area contributed by atoms with Crippen LogP contribution in [0.25, 0.3) is 0 Å². The number of furan rings is 1. The van der Waals surface area contributed by atoms with Crippen LogP contribution < -0.4 is 5.32 Å². The summed E-state index contributed by atoms with van der Waals surface area (Å²) in [5.74, 6) is 0.982. The predicted molar refractivity (Wildman–Crippen MR) is 58.3 cm³/mol. The average molecular weight is 227 g/mol. The van der Waals surface area contributed by atoms with Gasteiger partial charge in [-0.25, -0.2) is 0 Å². The van der Waals surface area contributed by atoms with Crippen LogP contribution in [0.5, 0.6) is 0 Å². The molecule has 0 aliphatic heterocycles. The zero-order chi connectivity index (χ0) is 12.3. The Bertz CT molecular complexity index is 384. The second-order valence-corrected chi connectivity index (χ2v) is 3.76. The lowest BCUT2D eigenvalue weighted by atomic mass is 10.1. The smallest absolute Gasteiger partial charge is 0.255 e. The second-order valence-electron chi connectivity index (χ2n) is 3.76. The van der Waals surface area contributed by atoms with E-state index in [1.165, 1.54) is 0 Å². The van der Waals surface area contributed by atoms with Gasteiger partial charge in [-0.05, 0) is 20.8 Å². The molecule has 3 N–H and O–H groups in total. The molecule has 1 heterocycles. The maximum Gasteiger partial charge on any atom is 0.255 e. The maximum atomic E-state index is 11.8. The van der Waals surface area contributed by atoms with E-state index in [2.05, 4.69) is 5.32 Å². The van der Waals surface area contributed by atoms with Crippen molar-refractivity contribution in [1.29, 1.82) is 0 Å². The van der Waals surface area contributed by atoms with Crippen LogP contribution >= 0.6 is 0 Å². The van der Waals surface area contributed by atoms with Crippen LogP contribution in [-0.4, -0.2) is 35.4 Å². The van der Waals surface area contributed by atoms with E-state index in [1.807, 2.05) is 6.92 Å². The molecule has 5 nitrogen and oxygen atoms in total. The Morgan fingerprint density at radius 1 is 1.38 bits per heavy atom. The van der Waals surface area contributed by atoms with E-state index >= 15 is 0 Å². The molecule has 0 fully saturated rings. The number of hydrogen-bond acceptors (Lipinski definition) is 4. The third-order valence-electron chi connectivity index (χ3n) is 2.50. The van der Waals surface area contributed by atoms with Crippen molar-refractivity contribution in [3.8, 4) is 0 Å². The lowest BCUT2D eigenvalue weighted by Crippen LogP contribution is -2.34. The number of aryl methyl sites for hydroxylation is 2. The Morgan fingerprint density at radius 2 is 2.00 bits per heavy atom. The standard InChI is InChI=1S/C11H17NO4/c1-6-7(2)16-8(3)10(6)11(15)12-4-9(14)5-13/h9,13-14H,4-5H2,1-3H3,(H,12,15). The molecule has 1 unspecified atom stereocenters. The van der Waals surface area contributed by atoms with Gasteiger partial charge in [-0.2, -0.15) is 0 Å². The van der Waals surface area contributed by atoms with Crippen LogP contribution in [0, 0.1) is 20.8 Å². The van der Waals surface area contributed by atoms with E-state index < -0.39 is 6.10 Å². The summed E-state index contributed by atoms with van der Waals surface area (Å²) < 4.78 is 5.33. The van der Waals surface area contributed by atoms with E-state index in [4.69, 9.17) is 14.6 Å². The number of amides is 1. The Labute approximate surface area is 94.1 Å². The van der Waals surface area contributed by atoms with E-state index in [9.17, 15) is 4.79 Å². The molecule has 0 aliphatic carbocycles. The van der Waals surface area contributed by atoms with E-state index in [0.29, 0.717) is 17.1 Å². The molecule has 1 amide bonds. The van der Waals surface area contributed by atoms with Gasteiger partial charge in [0.15, 0.2) is 0 Å². The van der Waals surface area contributed by atoms with Gasteiger partial charge in [0, 0.05) is 12.1 Å². The third kappa shape index (κ3) is 2.62. The number of carbonyl (C=O) groups excluding carboxylic acids is 1. The van der Waals surface area contributed by atoms with Crippen molar-refractivity contribution >= 4 is 5.91 Å². The van der Waals surface area contributed by atoms with Crippen molar-refractivity contribution in [3.05, 3.63) is 22.6 Å². The molecular formula is C11H17NO4. The molecule has 16 heavy (non-hydrogen) atoms. The first-order valence-corrected chi connectivity index (χ1v) is 5.11. The van der Waals surface area contributed by atoms with Gasteiger partial charge in [0.2, 0.25) is 0 Å². The fourth-order valence-electron chi connectivity index (χ4n) is 1.49. The minimum absolute atomic E-state index is 0.0262. The molecule has 0 bridgehead atoms. The first-order valence-electron chi connectivity index (χ1n) is 5.11. The summed E-state index contributed by atoms with van der Waals surface area (Å²) in [5, 5.41) is 20.3. The molecule has 0 spiro atoms. The zero-order valence-electron chi connectivity index (χ0n) is 9.70. The summed E-state index contributed by atoms with van der Waals surface area (Å²) in [4.78, 5) is 11.8. The molecule has 0 radical (unpaired) electrons. The predicted octanol–water partition coefficient (Wildman–Crippen LogP) is 0.288. The van der Waals surface area contributed by atoms with Crippen LogP contribution in [0.2, 0.25) is 0 Å². The number of aliphatic hydroxyl groups excluding tert-OH is 2. The summed E-state index contributed by atoms with van der Waals surface area (Å²) in [6, 6.07) is 0. The van der Waals surface area contributed by atoms with Crippen molar-refractivity contribution in [2.45, 2.75) is 26.9 Å². The van der Waals surface area contributed by atoms with Crippen LogP contribution in [-0.2, 0) is 0 Å². The summed E-state index contributed by atoms with van der Waals surface area (Å²) in [6.45, 7) is 4.98. The van der Waals surface area contributed by atoms with Gasteiger partial charge in [0.25, 0.3) is 5.91 Å². The summed E-state index contributed by atoms with van der Waals surface area (Å²) in [5.41, 5.74) is 1.30. The highest BCUT2D eigenvalue weighted by Gasteiger charge is 2.18. The van der Waals surface area contributed by atoms with E-state index in [-0.39, 0.29) is 19.1 Å². The maximum absolute atomic E-state index is 11.8. The summed E-state index contributed by atoms with van der Waals surface area (Å²) in [7, 11) is 0. The molecule has 1 aromatic rings. The molecule has 0 aromatic carbocycles. The molecule has 90 valence electrons. The topological polar surface area (TPSA) is 82.7 Å². The lowest BCUT2D eigenvalue weighted by Gasteiger charge is -2.08. The first-order chi connectivity index (χ1) is 7.47. The molecule has 1 atom stereocenters. The molecule has 0 saturated carbocycles. The van der Waals surface area contributed by atoms with Crippen LogP contribution in [0.4, 0.5) is 0 Å². The third-order valence-corrected chi connectivity index (χ3v) is 2.50. The van der Waals surface area contributed by atoms with Crippen molar-refractivity contribution in [2.24, 2.45) is 0 Å². The van der Waals surface area contributed by atoms with Crippen molar-refractivity contribution in [3.63, 3.8) is 0 Å². The summed E-state index contributed by atoms with van der Waals surface area (Å²) in [6.07, 6.45) is -0.933. The van der Waals surface area contributed by atoms with Gasteiger partial charge in [0.05, 0.1) is 18.3 Å². The van der Waals surface area contributed by atoms with Gasteiger partial charge in [-0.1, -0.05) is 0 Å². The Hall–Kier alpha value is -1.33. The van der Waals surface area contributed by atoms with Crippen molar-refractivity contribution < 1.29 is 19.4 Å². The second kappa shape index (κ2) is 5.14. The number of nitrogens with one attached hydrogen (secondary N) is 1. The zero-order valence-corrected chi connectivity index (χ0v) is 9.70. The first kappa shape index (κ1) is 12.7. The van der Waals surface area contributed by atoms with Gasteiger partial charge >= 0.3 is 0 Å². The largest absolute Gasteiger partial charge is 0.466 e. The lowest BCUT2D eigenvalue weighted by molar-refractivity contribution is 0.0800.